The Bertz CT molecular complexity index is 516. The smallest absolute Gasteiger partial charge is 0.326 e. The van der Waals surface area contributed by atoms with E-state index >= 15 is 0 Å². The summed E-state index contributed by atoms with van der Waals surface area (Å²) in [6, 6.07) is 1.09. The van der Waals surface area contributed by atoms with Crippen LogP contribution in [0.3, 0.4) is 0 Å². The lowest BCUT2D eigenvalue weighted by Gasteiger charge is -2.28. The van der Waals surface area contributed by atoms with Gasteiger partial charge in [0.25, 0.3) is 5.91 Å². The number of hydrogen-bond donors (Lipinski definition) is 3. The normalized spacial score (nSPS) is 14.1. The molecule has 2 atom stereocenters. The van der Waals surface area contributed by atoms with Gasteiger partial charge in [-0.05, 0) is 24.5 Å². The van der Waals surface area contributed by atoms with E-state index in [-0.39, 0.29) is 5.76 Å². The molecule has 1 unspecified atom stereocenters. The van der Waals surface area contributed by atoms with Crippen LogP contribution in [0.1, 0.15) is 38.2 Å². The highest BCUT2D eigenvalue weighted by molar-refractivity contribution is 5.96. The summed E-state index contributed by atoms with van der Waals surface area (Å²) in [5.74, 6) is -2.15. The number of carbonyl (C=O) groups is 3. The highest BCUT2D eigenvalue weighted by atomic mass is 16.4. The molecule has 116 valence electrons. The van der Waals surface area contributed by atoms with Crippen LogP contribution in [0.4, 0.5) is 0 Å². The van der Waals surface area contributed by atoms with E-state index in [1.807, 2.05) is 0 Å². The number of furan rings is 1. The molecule has 0 aliphatic carbocycles. The van der Waals surface area contributed by atoms with Crippen LogP contribution in [0.5, 0.6) is 0 Å². The second-order valence-corrected chi connectivity index (χ2v) is 5.82. The van der Waals surface area contributed by atoms with Gasteiger partial charge in [0.15, 0.2) is 5.76 Å². The van der Waals surface area contributed by atoms with Crippen LogP contribution in [-0.4, -0.2) is 35.0 Å². The Morgan fingerprint density at radius 3 is 2.29 bits per heavy atom. The van der Waals surface area contributed by atoms with Crippen molar-refractivity contribution in [1.82, 2.24) is 10.6 Å². The monoisotopic (exact) mass is 296 g/mol. The highest BCUT2D eigenvalue weighted by Gasteiger charge is 2.33. The predicted molar refractivity (Wildman–Crippen MR) is 74.7 cm³/mol. The average molecular weight is 296 g/mol. The van der Waals surface area contributed by atoms with Crippen molar-refractivity contribution in [3.8, 4) is 0 Å². The molecular formula is C14H20N2O5. The minimum atomic E-state index is -1.12. The van der Waals surface area contributed by atoms with E-state index in [9.17, 15) is 14.4 Å². The van der Waals surface area contributed by atoms with Crippen LogP contribution in [0.2, 0.25) is 0 Å². The molecule has 1 aromatic rings. The summed E-state index contributed by atoms with van der Waals surface area (Å²) < 4.78 is 4.91. The van der Waals surface area contributed by atoms with Crippen molar-refractivity contribution in [1.29, 1.82) is 0 Å². The van der Waals surface area contributed by atoms with E-state index in [0.29, 0.717) is 0 Å². The molecule has 0 aromatic carbocycles. The van der Waals surface area contributed by atoms with Gasteiger partial charge in [-0.2, -0.15) is 0 Å². The second kappa shape index (κ2) is 6.43. The van der Waals surface area contributed by atoms with Crippen molar-refractivity contribution in [2.45, 2.75) is 39.8 Å². The van der Waals surface area contributed by atoms with E-state index in [4.69, 9.17) is 9.52 Å². The van der Waals surface area contributed by atoms with Crippen LogP contribution >= 0.6 is 0 Å². The van der Waals surface area contributed by atoms with Gasteiger partial charge in [-0.25, -0.2) is 4.79 Å². The largest absolute Gasteiger partial charge is 0.480 e. The van der Waals surface area contributed by atoms with Gasteiger partial charge in [0.2, 0.25) is 5.91 Å². The number of rotatable bonds is 5. The molecule has 0 aliphatic heterocycles. The molecular weight excluding hydrogens is 276 g/mol. The fourth-order valence-corrected chi connectivity index (χ4v) is 1.66. The lowest BCUT2D eigenvalue weighted by Crippen LogP contribution is -2.54. The summed E-state index contributed by atoms with van der Waals surface area (Å²) >= 11 is 0. The van der Waals surface area contributed by atoms with Gasteiger partial charge in [-0.15, -0.1) is 0 Å². The molecule has 3 N–H and O–H groups in total. The van der Waals surface area contributed by atoms with Crippen molar-refractivity contribution >= 4 is 17.8 Å². The lowest BCUT2D eigenvalue weighted by atomic mass is 9.86. The van der Waals surface area contributed by atoms with Gasteiger partial charge >= 0.3 is 5.97 Å². The maximum atomic E-state index is 12.0. The summed E-state index contributed by atoms with van der Waals surface area (Å²) in [6.45, 7) is 6.59. The SMILES string of the molecule is CC(NC(=O)c1ccco1)C(=O)N[C@H](C(=O)O)C(C)(C)C. The van der Waals surface area contributed by atoms with Gasteiger partial charge < -0.3 is 20.2 Å². The number of carboxylic acids is 1. The van der Waals surface area contributed by atoms with E-state index in [2.05, 4.69) is 10.6 Å². The first-order chi connectivity index (χ1) is 9.62. The quantitative estimate of drug-likeness (QED) is 0.751. The molecule has 0 bridgehead atoms. The maximum absolute atomic E-state index is 12.0. The number of carboxylic acid groups (broad SMARTS) is 1. The van der Waals surface area contributed by atoms with Gasteiger partial charge in [0.05, 0.1) is 6.26 Å². The fourth-order valence-electron chi connectivity index (χ4n) is 1.66. The van der Waals surface area contributed by atoms with Crippen LogP contribution in [0.25, 0.3) is 0 Å². The van der Waals surface area contributed by atoms with E-state index < -0.39 is 35.3 Å². The number of hydrogen-bond acceptors (Lipinski definition) is 4. The number of nitrogens with one attached hydrogen (secondary N) is 2. The summed E-state index contributed by atoms with van der Waals surface area (Å²) in [7, 11) is 0. The topological polar surface area (TPSA) is 109 Å². The molecule has 0 saturated heterocycles. The van der Waals surface area contributed by atoms with Crippen molar-refractivity contribution in [3.63, 3.8) is 0 Å². The van der Waals surface area contributed by atoms with Gasteiger partial charge in [0, 0.05) is 0 Å². The minimum absolute atomic E-state index is 0.0836. The Morgan fingerprint density at radius 1 is 1.24 bits per heavy atom. The second-order valence-electron chi connectivity index (χ2n) is 5.82. The van der Waals surface area contributed by atoms with Crippen LogP contribution < -0.4 is 10.6 Å². The molecule has 21 heavy (non-hydrogen) atoms. The van der Waals surface area contributed by atoms with Gasteiger partial charge in [-0.3, -0.25) is 9.59 Å². The Balaban J connectivity index is 2.66. The Labute approximate surface area is 122 Å². The summed E-state index contributed by atoms with van der Waals surface area (Å²) in [5, 5.41) is 14.0. The molecule has 1 heterocycles. The highest BCUT2D eigenvalue weighted by Crippen LogP contribution is 2.19. The zero-order chi connectivity index (χ0) is 16.2. The van der Waals surface area contributed by atoms with Crippen molar-refractivity contribution in [2.24, 2.45) is 5.41 Å². The van der Waals surface area contributed by atoms with E-state index in [0.717, 1.165) is 0 Å². The third-order valence-corrected chi connectivity index (χ3v) is 2.89. The third-order valence-electron chi connectivity index (χ3n) is 2.89. The van der Waals surface area contributed by atoms with Crippen molar-refractivity contribution in [3.05, 3.63) is 24.2 Å². The number of amides is 2. The standard InChI is InChI=1S/C14H20N2O5/c1-8(15-12(18)9-6-5-7-21-9)11(17)16-10(13(19)20)14(2,3)4/h5-8,10H,1-4H3,(H,15,18)(H,16,17)(H,19,20)/t8?,10-/m1/s1. The van der Waals surface area contributed by atoms with Crippen LogP contribution in [0.15, 0.2) is 22.8 Å². The molecule has 0 aliphatic rings. The molecule has 0 saturated carbocycles. The van der Waals surface area contributed by atoms with Crippen molar-refractivity contribution < 1.29 is 23.9 Å². The Morgan fingerprint density at radius 2 is 1.86 bits per heavy atom. The first kappa shape index (κ1) is 16.7. The molecule has 1 rings (SSSR count). The molecule has 7 nitrogen and oxygen atoms in total. The fraction of sp³-hybridized carbons (Fsp3) is 0.500. The molecule has 0 spiro atoms. The number of carbonyl (C=O) groups excluding carboxylic acids is 2. The van der Waals surface area contributed by atoms with E-state index in [1.165, 1.54) is 19.3 Å². The zero-order valence-corrected chi connectivity index (χ0v) is 12.5. The summed E-state index contributed by atoms with van der Waals surface area (Å²) in [5.41, 5.74) is -0.647. The maximum Gasteiger partial charge on any atom is 0.326 e. The Hall–Kier alpha value is -2.31. The average Bonchev–Trinajstić information content (AvgIpc) is 2.87. The predicted octanol–water partition coefficient (Wildman–Crippen LogP) is 1.01. The number of aliphatic carboxylic acids is 1. The zero-order valence-electron chi connectivity index (χ0n) is 12.5. The molecule has 7 heteroatoms. The molecule has 2 amide bonds. The lowest BCUT2D eigenvalue weighted by molar-refractivity contribution is -0.145. The first-order valence-corrected chi connectivity index (χ1v) is 6.50. The minimum Gasteiger partial charge on any atom is -0.480 e. The van der Waals surface area contributed by atoms with Crippen LogP contribution in [-0.2, 0) is 9.59 Å². The van der Waals surface area contributed by atoms with Gasteiger partial charge in [-0.1, -0.05) is 20.8 Å². The molecule has 1 aromatic heterocycles. The van der Waals surface area contributed by atoms with Crippen LogP contribution in [0, 0.1) is 5.41 Å². The molecule has 0 radical (unpaired) electrons. The Kier molecular flexibility index (Phi) is 5.12. The first-order valence-electron chi connectivity index (χ1n) is 6.50. The molecule has 0 fully saturated rings. The summed E-state index contributed by atoms with van der Waals surface area (Å²) in [6.07, 6.45) is 1.35. The van der Waals surface area contributed by atoms with E-state index in [1.54, 1.807) is 26.8 Å². The third kappa shape index (κ3) is 4.62. The van der Waals surface area contributed by atoms with Gasteiger partial charge in [0.1, 0.15) is 12.1 Å². The van der Waals surface area contributed by atoms with Crippen molar-refractivity contribution in [2.75, 3.05) is 0 Å². The summed E-state index contributed by atoms with van der Waals surface area (Å²) in [4.78, 5) is 34.9.